The van der Waals surface area contributed by atoms with Crippen molar-refractivity contribution in [2.45, 2.75) is 52.7 Å². The van der Waals surface area contributed by atoms with Gasteiger partial charge in [0, 0.05) is 19.6 Å². The molecular formula is C13H28N2O2. The summed E-state index contributed by atoms with van der Waals surface area (Å²) >= 11 is 0. The number of hydrogen-bond donors (Lipinski definition) is 2. The third-order valence-electron chi connectivity index (χ3n) is 2.80. The van der Waals surface area contributed by atoms with E-state index < -0.39 is 5.60 Å². The Morgan fingerprint density at radius 2 is 1.88 bits per heavy atom. The summed E-state index contributed by atoms with van der Waals surface area (Å²) in [5, 5.41) is 13.1. The zero-order chi connectivity index (χ0) is 13.6. The second-order valence-electron chi connectivity index (χ2n) is 5.80. The molecule has 0 aromatic heterocycles. The van der Waals surface area contributed by atoms with Crippen molar-refractivity contribution in [1.29, 1.82) is 0 Å². The van der Waals surface area contributed by atoms with Crippen LogP contribution in [0.4, 0.5) is 0 Å². The Labute approximate surface area is 105 Å². The molecule has 0 bridgehead atoms. The molecule has 0 saturated heterocycles. The minimum Gasteiger partial charge on any atom is -0.389 e. The molecule has 0 aromatic rings. The van der Waals surface area contributed by atoms with E-state index in [-0.39, 0.29) is 18.5 Å². The second-order valence-corrected chi connectivity index (χ2v) is 5.80. The monoisotopic (exact) mass is 244 g/mol. The van der Waals surface area contributed by atoms with Crippen molar-refractivity contribution in [3.63, 3.8) is 0 Å². The third-order valence-corrected chi connectivity index (χ3v) is 2.80. The van der Waals surface area contributed by atoms with Crippen LogP contribution < -0.4 is 5.32 Å². The third kappa shape index (κ3) is 7.34. The highest BCUT2D eigenvalue weighted by molar-refractivity contribution is 5.78. The largest absolute Gasteiger partial charge is 0.389 e. The van der Waals surface area contributed by atoms with E-state index in [1.165, 1.54) is 0 Å². The lowest BCUT2D eigenvalue weighted by molar-refractivity contribution is -0.130. The Bertz CT molecular complexity index is 238. The van der Waals surface area contributed by atoms with Crippen LogP contribution in [0, 0.1) is 5.92 Å². The van der Waals surface area contributed by atoms with Gasteiger partial charge in [0.15, 0.2) is 0 Å². The molecule has 0 radical (unpaired) electrons. The van der Waals surface area contributed by atoms with Gasteiger partial charge in [-0.1, -0.05) is 13.8 Å². The minimum absolute atomic E-state index is 0.0559. The van der Waals surface area contributed by atoms with Gasteiger partial charge in [0.1, 0.15) is 0 Å². The van der Waals surface area contributed by atoms with Crippen LogP contribution >= 0.6 is 0 Å². The van der Waals surface area contributed by atoms with E-state index in [9.17, 15) is 9.90 Å². The van der Waals surface area contributed by atoms with Crippen LogP contribution in [0.15, 0.2) is 0 Å². The molecule has 0 heterocycles. The van der Waals surface area contributed by atoms with Gasteiger partial charge in [-0.25, -0.2) is 0 Å². The fraction of sp³-hybridized carbons (Fsp3) is 0.923. The highest BCUT2D eigenvalue weighted by Gasteiger charge is 2.22. The summed E-state index contributed by atoms with van der Waals surface area (Å²) in [4.78, 5) is 13.4. The fourth-order valence-electron chi connectivity index (χ4n) is 1.80. The summed E-state index contributed by atoms with van der Waals surface area (Å²) in [6.07, 6.45) is 0.730. The molecule has 102 valence electrons. The van der Waals surface area contributed by atoms with Crippen molar-refractivity contribution in [1.82, 2.24) is 10.2 Å². The lowest BCUT2D eigenvalue weighted by Crippen LogP contribution is -2.44. The van der Waals surface area contributed by atoms with E-state index in [0.717, 1.165) is 6.42 Å². The number of likely N-dealkylation sites (N-methyl/N-ethyl adjacent to an activating group) is 1. The van der Waals surface area contributed by atoms with E-state index in [1.807, 2.05) is 13.8 Å². The number of aliphatic hydroxyl groups is 1. The van der Waals surface area contributed by atoms with Gasteiger partial charge in [-0.2, -0.15) is 0 Å². The molecule has 0 saturated carbocycles. The molecule has 1 unspecified atom stereocenters. The number of amides is 1. The SMILES string of the molecule is CC(C)CC(C)(O)CNCC(=O)N(C)C(C)C. The summed E-state index contributed by atoms with van der Waals surface area (Å²) in [6, 6.07) is 0.209. The molecule has 1 atom stereocenters. The molecule has 0 aliphatic carbocycles. The molecule has 0 aromatic carbocycles. The molecule has 2 N–H and O–H groups in total. The molecule has 0 spiro atoms. The van der Waals surface area contributed by atoms with Gasteiger partial charge < -0.3 is 15.3 Å². The number of hydrogen-bond acceptors (Lipinski definition) is 3. The first-order valence-electron chi connectivity index (χ1n) is 6.34. The van der Waals surface area contributed by atoms with Crippen LogP contribution in [0.1, 0.15) is 41.0 Å². The standard InChI is InChI=1S/C13H28N2O2/c1-10(2)7-13(5,17)9-14-8-12(16)15(6)11(3)4/h10-11,14,17H,7-9H2,1-6H3. The predicted octanol–water partition coefficient (Wildman–Crippen LogP) is 1.24. The molecule has 0 rings (SSSR count). The maximum Gasteiger partial charge on any atom is 0.236 e. The van der Waals surface area contributed by atoms with Crippen LogP contribution in [0.5, 0.6) is 0 Å². The van der Waals surface area contributed by atoms with Gasteiger partial charge >= 0.3 is 0 Å². The van der Waals surface area contributed by atoms with Crippen molar-refractivity contribution >= 4 is 5.91 Å². The van der Waals surface area contributed by atoms with Crippen molar-refractivity contribution in [3.05, 3.63) is 0 Å². The molecule has 0 fully saturated rings. The number of carbonyl (C=O) groups excluding carboxylic acids is 1. The van der Waals surface area contributed by atoms with E-state index in [4.69, 9.17) is 0 Å². The van der Waals surface area contributed by atoms with Crippen molar-refractivity contribution in [3.8, 4) is 0 Å². The molecule has 17 heavy (non-hydrogen) atoms. The molecule has 0 aliphatic rings. The first kappa shape index (κ1) is 16.4. The Hall–Kier alpha value is -0.610. The first-order chi connectivity index (χ1) is 7.65. The van der Waals surface area contributed by atoms with E-state index in [0.29, 0.717) is 12.5 Å². The second kappa shape index (κ2) is 6.97. The van der Waals surface area contributed by atoms with E-state index in [2.05, 4.69) is 19.2 Å². The van der Waals surface area contributed by atoms with Crippen molar-refractivity contribution in [2.75, 3.05) is 20.1 Å². The molecule has 0 aliphatic heterocycles. The van der Waals surface area contributed by atoms with Crippen LogP contribution in [-0.2, 0) is 4.79 Å². The predicted molar refractivity (Wildman–Crippen MR) is 70.9 cm³/mol. The summed E-state index contributed by atoms with van der Waals surface area (Å²) in [6.45, 7) is 10.6. The Kier molecular flexibility index (Phi) is 6.72. The highest BCUT2D eigenvalue weighted by Crippen LogP contribution is 2.14. The number of rotatable bonds is 7. The first-order valence-corrected chi connectivity index (χ1v) is 6.34. The van der Waals surface area contributed by atoms with Crippen molar-refractivity contribution in [2.24, 2.45) is 5.92 Å². The number of nitrogens with one attached hydrogen (secondary N) is 1. The Morgan fingerprint density at radius 3 is 2.29 bits per heavy atom. The number of carbonyl (C=O) groups is 1. The zero-order valence-electron chi connectivity index (χ0n) is 12.1. The maximum absolute atomic E-state index is 11.7. The average Bonchev–Trinajstić information content (AvgIpc) is 2.13. The molecule has 4 nitrogen and oxygen atoms in total. The van der Waals surface area contributed by atoms with Crippen molar-refractivity contribution < 1.29 is 9.90 Å². The van der Waals surface area contributed by atoms with Gasteiger partial charge in [-0.3, -0.25) is 4.79 Å². The summed E-state index contributed by atoms with van der Waals surface area (Å²) < 4.78 is 0. The lowest BCUT2D eigenvalue weighted by Gasteiger charge is -2.27. The molecule has 4 heteroatoms. The maximum atomic E-state index is 11.7. The van der Waals surface area contributed by atoms with Crippen LogP contribution in [-0.4, -0.2) is 47.7 Å². The van der Waals surface area contributed by atoms with Gasteiger partial charge in [-0.05, 0) is 33.1 Å². The van der Waals surface area contributed by atoms with E-state index in [1.54, 1.807) is 18.9 Å². The molecular weight excluding hydrogens is 216 g/mol. The van der Waals surface area contributed by atoms with Gasteiger partial charge in [0.05, 0.1) is 12.1 Å². The summed E-state index contributed by atoms with van der Waals surface area (Å²) in [5.74, 6) is 0.501. The minimum atomic E-state index is -0.745. The zero-order valence-corrected chi connectivity index (χ0v) is 12.1. The fourth-order valence-corrected chi connectivity index (χ4v) is 1.80. The smallest absolute Gasteiger partial charge is 0.236 e. The summed E-state index contributed by atoms with van der Waals surface area (Å²) in [5.41, 5.74) is -0.745. The van der Waals surface area contributed by atoms with E-state index >= 15 is 0 Å². The topological polar surface area (TPSA) is 52.6 Å². The van der Waals surface area contributed by atoms with Gasteiger partial charge in [0.25, 0.3) is 0 Å². The normalized spacial score (nSPS) is 15.1. The number of nitrogens with zero attached hydrogens (tertiary/aromatic N) is 1. The molecule has 1 amide bonds. The average molecular weight is 244 g/mol. The van der Waals surface area contributed by atoms with Crippen LogP contribution in [0.3, 0.4) is 0 Å². The highest BCUT2D eigenvalue weighted by atomic mass is 16.3. The quantitative estimate of drug-likeness (QED) is 0.708. The van der Waals surface area contributed by atoms with Crippen LogP contribution in [0.2, 0.25) is 0 Å². The van der Waals surface area contributed by atoms with Crippen LogP contribution in [0.25, 0.3) is 0 Å². The summed E-state index contributed by atoms with van der Waals surface area (Å²) in [7, 11) is 1.79. The Balaban J connectivity index is 3.95. The van der Waals surface area contributed by atoms with Gasteiger partial charge in [-0.15, -0.1) is 0 Å². The van der Waals surface area contributed by atoms with Gasteiger partial charge in [0.2, 0.25) is 5.91 Å². The lowest BCUT2D eigenvalue weighted by atomic mass is 9.94. The Morgan fingerprint density at radius 1 is 1.35 bits per heavy atom.